The Balaban J connectivity index is 2.00. The van der Waals surface area contributed by atoms with Crippen molar-refractivity contribution in [1.82, 2.24) is 15.3 Å². The van der Waals surface area contributed by atoms with E-state index >= 15 is 0 Å². The molecule has 8 heteroatoms. The number of benzene rings is 1. The molecule has 2 aromatic heterocycles. The van der Waals surface area contributed by atoms with Crippen molar-refractivity contribution in [1.29, 1.82) is 0 Å². The van der Waals surface area contributed by atoms with Gasteiger partial charge in [-0.15, -0.1) is 0 Å². The number of aliphatic carboxylic acids is 1. The van der Waals surface area contributed by atoms with Crippen LogP contribution in [-0.2, 0) is 9.59 Å². The molecular weight excluding hydrogens is 422 g/mol. The maximum Gasteiger partial charge on any atom is 0.303 e. The standard InChI is InChI=1S/C25H29N3O5/c1-4-26-23(31)16(2)14-19-21-24(32-17(3)10-8-9-13-20(29)30)27-15-28-25(21)33-22(19)18-11-6-5-7-12-18/h5-7,11-12,14-15,17H,4,8-10,13H2,1-3H3,(H,26,31)(H,29,30)/t17-/m1/s1. The van der Waals surface area contributed by atoms with E-state index in [4.69, 9.17) is 14.3 Å². The molecule has 0 radical (unpaired) electrons. The van der Waals surface area contributed by atoms with Crippen molar-refractivity contribution >= 4 is 29.1 Å². The molecule has 0 spiro atoms. The number of hydrogen-bond donors (Lipinski definition) is 2. The van der Waals surface area contributed by atoms with Gasteiger partial charge in [0.1, 0.15) is 17.5 Å². The summed E-state index contributed by atoms with van der Waals surface area (Å²) < 4.78 is 12.2. The van der Waals surface area contributed by atoms with Crippen LogP contribution in [0, 0.1) is 0 Å². The van der Waals surface area contributed by atoms with Crippen LogP contribution in [0.2, 0.25) is 0 Å². The van der Waals surface area contributed by atoms with E-state index in [-0.39, 0.29) is 18.4 Å². The first-order valence-corrected chi connectivity index (χ1v) is 11.1. The van der Waals surface area contributed by atoms with Crippen LogP contribution in [0.15, 0.2) is 46.6 Å². The van der Waals surface area contributed by atoms with Gasteiger partial charge < -0.3 is 19.6 Å². The van der Waals surface area contributed by atoms with E-state index in [1.807, 2.05) is 44.2 Å². The molecule has 2 heterocycles. The van der Waals surface area contributed by atoms with Crippen LogP contribution in [-0.4, -0.2) is 39.6 Å². The number of ether oxygens (including phenoxy) is 1. The average molecular weight is 452 g/mol. The van der Waals surface area contributed by atoms with Gasteiger partial charge in [-0.1, -0.05) is 30.3 Å². The lowest BCUT2D eigenvalue weighted by Gasteiger charge is -2.14. The van der Waals surface area contributed by atoms with Gasteiger partial charge in [0.2, 0.25) is 17.5 Å². The van der Waals surface area contributed by atoms with Crippen molar-refractivity contribution in [3.05, 3.63) is 47.8 Å². The fourth-order valence-electron chi connectivity index (χ4n) is 3.50. The summed E-state index contributed by atoms with van der Waals surface area (Å²) in [5.74, 6) is -0.0240. The van der Waals surface area contributed by atoms with Gasteiger partial charge in [0.15, 0.2) is 0 Å². The van der Waals surface area contributed by atoms with Crippen molar-refractivity contribution in [2.24, 2.45) is 0 Å². The third kappa shape index (κ3) is 6.19. The number of carbonyl (C=O) groups is 2. The molecule has 2 N–H and O–H groups in total. The van der Waals surface area contributed by atoms with Crippen LogP contribution in [0.1, 0.15) is 52.0 Å². The zero-order chi connectivity index (χ0) is 23.8. The fourth-order valence-corrected chi connectivity index (χ4v) is 3.50. The predicted octanol–water partition coefficient (Wildman–Crippen LogP) is 4.84. The zero-order valence-electron chi connectivity index (χ0n) is 19.1. The third-order valence-corrected chi connectivity index (χ3v) is 5.15. The zero-order valence-corrected chi connectivity index (χ0v) is 19.1. The molecule has 0 aliphatic rings. The molecule has 1 amide bonds. The lowest BCUT2D eigenvalue weighted by Crippen LogP contribution is -2.23. The number of carbonyl (C=O) groups excluding carboxylic acids is 1. The highest BCUT2D eigenvalue weighted by Crippen LogP contribution is 2.38. The molecule has 1 atom stereocenters. The highest BCUT2D eigenvalue weighted by molar-refractivity contribution is 6.03. The Morgan fingerprint density at radius 1 is 1.21 bits per heavy atom. The first kappa shape index (κ1) is 24.0. The molecule has 3 rings (SSSR count). The van der Waals surface area contributed by atoms with Gasteiger partial charge in [0.25, 0.3) is 0 Å². The number of nitrogens with one attached hydrogen (secondary N) is 1. The molecular formula is C25H29N3O5. The average Bonchev–Trinajstić information content (AvgIpc) is 3.16. The van der Waals surface area contributed by atoms with Gasteiger partial charge in [-0.3, -0.25) is 9.59 Å². The molecule has 1 aromatic carbocycles. The summed E-state index contributed by atoms with van der Waals surface area (Å²) in [6.45, 7) is 6.06. The highest BCUT2D eigenvalue weighted by atomic mass is 16.5. The molecule has 0 saturated heterocycles. The topological polar surface area (TPSA) is 115 Å². The second-order valence-electron chi connectivity index (χ2n) is 7.82. The predicted molar refractivity (Wildman–Crippen MR) is 126 cm³/mol. The Hall–Kier alpha value is -3.68. The molecule has 0 aliphatic heterocycles. The van der Waals surface area contributed by atoms with Gasteiger partial charge in [-0.05, 0) is 46.1 Å². The van der Waals surface area contributed by atoms with E-state index in [1.54, 1.807) is 13.0 Å². The number of aromatic nitrogens is 2. The number of carboxylic acids is 1. The normalized spacial score (nSPS) is 12.5. The Morgan fingerprint density at radius 2 is 1.97 bits per heavy atom. The maximum atomic E-state index is 12.4. The summed E-state index contributed by atoms with van der Waals surface area (Å²) in [7, 11) is 0. The molecule has 0 bridgehead atoms. The lowest BCUT2D eigenvalue weighted by molar-refractivity contribution is -0.137. The molecule has 0 fully saturated rings. The lowest BCUT2D eigenvalue weighted by atomic mass is 10.0. The van der Waals surface area contributed by atoms with E-state index in [9.17, 15) is 9.59 Å². The molecule has 33 heavy (non-hydrogen) atoms. The van der Waals surface area contributed by atoms with Crippen molar-refractivity contribution in [2.45, 2.75) is 52.6 Å². The number of nitrogens with zero attached hydrogens (tertiary/aromatic N) is 2. The molecule has 0 aliphatic carbocycles. The summed E-state index contributed by atoms with van der Waals surface area (Å²) in [4.78, 5) is 31.7. The van der Waals surface area contributed by atoms with E-state index in [0.717, 1.165) is 12.0 Å². The van der Waals surface area contributed by atoms with Gasteiger partial charge in [0, 0.05) is 29.7 Å². The molecule has 0 saturated carbocycles. The number of fused-ring (bicyclic) bond motifs is 1. The smallest absolute Gasteiger partial charge is 0.303 e. The largest absolute Gasteiger partial charge is 0.481 e. The highest BCUT2D eigenvalue weighted by Gasteiger charge is 2.22. The second kappa shape index (κ2) is 11.3. The summed E-state index contributed by atoms with van der Waals surface area (Å²) in [6, 6.07) is 9.59. The van der Waals surface area contributed by atoms with Crippen molar-refractivity contribution in [3.63, 3.8) is 0 Å². The molecule has 3 aromatic rings. The van der Waals surface area contributed by atoms with E-state index in [1.165, 1.54) is 6.33 Å². The van der Waals surface area contributed by atoms with E-state index < -0.39 is 5.97 Å². The Labute approximate surface area is 192 Å². The minimum atomic E-state index is -0.799. The minimum Gasteiger partial charge on any atom is -0.481 e. The Bertz CT molecular complexity index is 1140. The second-order valence-corrected chi connectivity index (χ2v) is 7.82. The Kier molecular flexibility index (Phi) is 8.18. The van der Waals surface area contributed by atoms with Crippen LogP contribution in [0.3, 0.4) is 0 Å². The maximum absolute atomic E-state index is 12.4. The minimum absolute atomic E-state index is 0.140. The first-order chi connectivity index (χ1) is 15.9. The van der Waals surface area contributed by atoms with Crippen molar-refractivity contribution < 1.29 is 23.8 Å². The van der Waals surface area contributed by atoms with Crippen molar-refractivity contribution in [2.75, 3.05) is 6.54 Å². The van der Waals surface area contributed by atoms with Crippen molar-refractivity contribution in [3.8, 4) is 17.2 Å². The van der Waals surface area contributed by atoms with Crippen LogP contribution in [0.25, 0.3) is 28.5 Å². The molecule has 0 unspecified atom stereocenters. The number of rotatable bonds is 11. The monoisotopic (exact) mass is 451 g/mol. The molecule has 174 valence electrons. The third-order valence-electron chi connectivity index (χ3n) is 5.15. The number of amides is 1. The number of carboxylic acid groups (broad SMARTS) is 1. The van der Waals surface area contributed by atoms with E-state index in [0.29, 0.717) is 53.3 Å². The van der Waals surface area contributed by atoms with Gasteiger partial charge in [-0.2, -0.15) is 0 Å². The van der Waals surface area contributed by atoms with Crippen LogP contribution in [0.4, 0.5) is 0 Å². The van der Waals surface area contributed by atoms with Crippen LogP contribution < -0.4 is 10.1 Å². The number of furan rings is 1. The fraction of sp³-hybridized carbons (Fsp3) is 0.360. The first-order valence-electron chi connectivity index (χ1n) is 11.1. The summed E-state index contributed by atoms with van der Waals surface area (Å²) in [5, 5.41) is 12.2. The van der Waals surface area contributed by atoms with Gasteiger partial charge in [-0.25, -0.2) is 9.97 Å². The van der Waals surface area contributed by atoms with Gasteiger partial charge in [0.05, 0.1) is 6.10 Å². The Morgan fingerprint density at radius 3 is 2.67 bits per heavy atom. The number of likely N-dealkylation sites (N-methyl/N-ethyl adjacent to an activating group) is 1. The van der Waals surface area contributed by atoms with Gasteiger partial charge >= 0.3 is 5.97 Å². The quantitative estimate of drug-likeness (QED) is 0.317. The summed E-state index contributed by atoms with van der Waals surface area (Å²) in [5.41, 5.74) is 2.41. The number of unbranched alkanes of at least 4 members (excludes halogenated alkanes) is 1. The van der Waals surface area contributed by atoms with E-state index in [2.05, 4.69) is 15.3 Å². The van der Waals surface area contributed by atoms with Crippen LogP contribution in [0.5, 0.6) is 5.88 Å². The summed E-state index contributed by atoms with van der Waals surface area (Å²) >= 11 is 0. The SMILES string of the molecule is CCNC(=O)C(C)=Cc1c(-c2ccccc2)oc2ncnc(O[C@H](C)CCCCC(=O)O)c12. The molecule has 8 nitrogen and oxygen atoms in total. The summed E-state index contributed by atoms with van der Waals surface area (Å²) in [6.07, 6.45) is 5.11. The number of hydrogen-bond acceptors (Lipinski definition) is 6. The van der Waals surface area contributed by atoms with Crippen LogP contribution >= 0.6 is 0 Å².